The van der Waals surface area contributed by atoms with Crippen LogP contribution >= 0.6 is 31.9 Å². The first-order valence-electron chi connectivity index (χ1n) is 5.05. The van der Waals surface area contributed by atoms with Gasteiger partial charge in [-0.3, -0.25) is 4.79 Å². The van der Waals surface area contributed by atoms with Crippen molar-refractivity contribution >= 4 is 37.8 Å². The van der Waals surface area contributed by atoms with Gasteiger partial charge in [-0.05, 0) is 25.1 Å². The van der Waals surface area contributed by atoms with Crippen molar-refractivity contribution in [3.63, 3.8) is 0 Å². The number of halogens is 5. The predicted molar refractivity (Wildman–Crippen MR) is 69.5 cm³/mol. The second-order valence-corrected chi connectivity index (χ2v) is 5.42. The zero-order valence-electron chi connectivity index (χ0n) is 9.39. The van der Waals surface area contributed by atoms with Crippen molar-refractivity contribution in [2.75, 3.05) is 13.1 Å². The highest BCUT2D eigenvalue weighted by Gasteiger charge is 2.32. The number of benzene rings is 1. The van der Waals surface area contributed by atoms with E-state index in [1.165, 1.54) is 19.1 Å². The van der Waals surface area contributed by atoms with Crippen LogP contribution < -0.4 is 0 Å². The van der Waals surface area contributed by atoms with Gasteiger partial charge < -0.3 is 4.90 Å². The maximum Gasteiger partial charge on any atom is 0.406 e. The van der Waals surface area contributed by atoms with E-state index in [4.69, 9.17) is 0 Å². The summed E-state index contributed by atoms with van der Waals surface area (Å²) in [6.45, 7) is 0.269. The number of nitrogens with zero attached hydrogens (tertiary/aromatic N) is 1. The number of hydrogen-bond donors (Lipinski definition) is 0. The third-order valence-corrected chi connectivity index (χ3v) is 3.06. The molecule has 7 heteroatoms. The zero-order chi connectivity index (χ0) is 13.9. The minimum Gasteiger partial charge on any atom is -0.330 e. The van der Waals surface area contributed by atoms with E-state index >= 15 is 0 Å². The van der Waals surface area contributed by atoms with Crippen LogP contribution in [0.25, 0.3) is 0 Å². The second kappa shape index (κ2) is 6.06. The molecule has 18 heavy (non-hydrogen) atoms. The van der Waals surface area contributed by atoms with Crippen LogP contribution in [0.5, 0.6) is 0 Å². The maximum absolute atomic E-state index is 12.3. The molecule has 1 aromatic carbocycles. The molecule has 0 atom stereocenters. The molecule has 1 rings (SSSR count). The van der Waals surface area contributed by atoms with Gasteiger partial charge in [0.25, 0.3) is 5.91 Å². The number of amides is 1. The first kappa shape index (κ1) is 15.5. The monoisotopic (exact) mass is 387 g/mol. The Morgan fingerprint density at radius 1 is 1.22 bits per heavy atom. The Bertz CT molecular complexity index is 428. The molecule has 0 aliphatic rings. The fourth-order valence-electron chi connectivity index (χ4n) is 1.40. The number of carbonyl (C=O) groups excluding carboxylic acids is 1. The average molecular weight is 389 g/mol. The summed E-state index contributed by atoms with van der Waals surface area (Å²) in [7, 11) is 0. The molecule has 0 aliphatic carbocycles. The van der Waals surface area contributed by atoms with Crippen LogP contribution in [0.3, 0.4) is 0 Å². The molecular formula is C11H10Br2F3NO. The van der Waals surface area contributed by atoms with Crippen molar-refractivity contribution in [3.05, 3.63) is 32.7 Å². The zero-order valence-corrected chi connectivity index (χ0v) is 12.6. The van der Waals surface area contributed by atoms with E-state index in [-0.39, 0.29) is 12.1 Å². The predicted octanol–water partition coefficient (Wildman–Crippen LogP) is 4.24. The SMILES string of the molecule is CCN(CC(F)(F)F)C(=O)c1cc(Br)cc(Br)c1. The van der Waals surface area contributed by atoms with Gasteiger partial charge in [0.2, 0.25) is 0 Å². The van der Waals surface area contributed by atoms with Crippen molar-refractivity contribution in [2.45, 2.75) is 13.1 Å². The first-order valence-corrected chi connectivity index (χ1v) is 6.63. The van der Waals surface area contributed by atoms with Crippen molar-refractivity contribution < 1.29 is 18.0 Å². The number of rotatable bonds is 3. The van der Waals surface area contributed by atoms with E-state index in [2.05, 4.69) is 31.9 Å². The van der Waals surface area contributed by atoms with E-state index in [1.54, 1.807) is 6.07 Å². The van der Waals surface area contributed by atoms with Gasteiger partial charge in [0, 0.05) is 21.1 Å². The molecule has 100 valence electrons. The lowest BCUT2D eigenvalue weighted by molar-refractivity contribution is -0.140. The Morgan fingerprint density at radius 3 is 2.11 bits per heavy atom. The van der Waals surface area contributed by atoms with Crippen LogP contribution in [0, 0.1) is 0 Å². The van der Waals surface area contributed by atoms with Gasteiger partial charge in [-0.1, -0.05) is 31.9 Å². The molecule has 0 aliphatic heterocycles. The summed E-state index contributed by atoms with van der Waals surface area (Å²) in [5.41, 5.74) is 0.211. The van der Waals surface area contributed by atoms with Crippen molar-refractivity contribution in [1.82, 2.24) is 4.90 Å². The Morgan fingerprint density at radius 2 is 1.72 bits per heavy atom. The summed E-state index contributed by atoms with van der Waals surface area (Å²) in [4.78, 5) is 12.7. The summed E-state index contributed by atoms with van der Waals surface area (Å²) in [6.07, 6.45) is -4.39. The molecule has 0 spiro atoms. The van der Waals surface area contributed by atoms with Crippen molar-refractivity contribution in [2.24, 2.45) is 0 Å². The van der Waals surface area contributed by atoms with Crippen LogP contribution in [0.1, 0.15) is 17.3 Å². The number of carbonyl (C=O) groups is 1. The third kappa shape index (κ3) is 4.61. The lowest BCUT2D eigenvalue weighted by Crippen LogP contribution is -2.38. The summed E-state index contributed by atoms with van der Waals surface area (Å²) in [5.74, 6) is -0.642. The molecule has 1 aromatic rings. The summed E-state index contributed by atoms with van der Waals surface area (Å²) in [5, 5.41) is 0. The topological polar surface area (TPSA) is 20.3 Å². The Balaban J connectivity index is 2.96. The smallest absolute Gasteiger partial charge is 0.330 e. The largest absolute Gasteiger partial charge is 0.406 e. The molecule has 0 saturated carbocycles. The highest BCUT2D eigenvalue weighted by Crippen LogP contribution is 2.23. The van der Waals surface area contributed by atoms with E-state index in [0.29, 0.717) is 8.95 Å². The first-order chi connectivity index (χ1) is 8.23. The van der Waals surface area contributed by atoms with E-state index in [0.717, 1.165) is 4.90 Å². The van der Waals surface area contributed by atoms with Crippen LogP contribution in [0.2, 0.25) is 0 Å². The third-order valence-electron chi connectivity index (χ3n) is 2.15. The van der Waals surface area contributed by atoms with Crippen molar-refractivity contribution in [3.8, 4) is 0 Å². The molecule has 0 heterocycles. The van der Waals surface area contributed by atoms with E-state index in [1.807, 2.05) is 0 Å². The van der Waals surface area contributed by atoms with Gasteiger partial charge in [0.05, 0.1) is 0 Å². The average Bonchev–Trinajstić information content (AvgIpc) is 2.22. The second-order valence-electron chi connectivity index (χ2n) is 3.59. The Hall–Kier alpha value is -0.560. The van der Waals surface area contributed by atoms with Crippen LogP contribution in [0.15, 0.2) is 27.1 Å². The molecule has 0 saturated heterocycles. The normalized spacial score (nSPS) is 11.4. The molecule has 0 radical (unpaired) electrons. The standard InChI is InChI=1S/C11H10Br2F3NO/c1-2-17(6-11(14,15)16)10(18)7-3-8(12)5-9(13)4-7/h3-5H,2,6H2,1H3. The van der Waals surface area contributed by atoms with Gasteiger partial charge in [0.1, 0.15) is 6.54 Å². The van der Waals surface area contributed by atoms with E-state index < -0.39 is 18.6 Å². The van der Waals surface area contributed by atoms with Crippen molar-refractivity contribution in [1.29, 1.82) is 0 Å². The van der Waals surface area contributed by atoms with Crippen LogP contribution in [0.4, 0.5) is 13.2 Å². The summed E-state index contributed by atoms with van der Waals surface area (Å²) < 4.78 is 38.2. The molecule has 1 amide bonds. The molecule has 0 bridgehead atoms. The molecule has 0 unspecified atom stereocenters. The summed E-state index contributed by atoms with van der Waals surface area (Å²) >= 11 is 6.38. The van der Waals surface area contributed by atoms with Gasteiger partial charge in [-0.15, -0.1) is 0 Å². The van der Waals surface area contributed by atoms with E-state index in [9.17, 15) is 18.0 Å². The number of alkyl halides is 3. The quantitative estimate of drug-likeness (QED) is 0.758. The van der Waals surface area contributed by atoms with Gasteiger partial charge in [-0.25, -0.2) is 0 Å². The van der Waals surface area contributed by atoms with Gasteiger partial charge in [0.15, 0.2) is 0 Å². The lowest BCUT2D eigenvalue weighted by Gasteiger charge is -2.22. The number of hydrogen-bond acceptors (Lipinski definition) is 1. The Labute approximate surface area is 119 Å². The summed E-state index contributed by atoms with van der Waals surface area (Å²) in [6, 6.07) is 4.69. The maximum atomic E-state index is 12.3. The lowest BCUT2D eigenvalue weighted by atomic mass is 10.2. The molecule has 2 nitrogen and oxygen atoms in total. The van der Waals surface area contributed by atoms with Gasteiger partial charge in [-0.2, -0.15) is 13.2 Å². The molecule has 0 N–H and O–H groups in total. The highest BCUT2D eigenvalue weighted by molar-refractivity contribution is 9.11. The van der Waals surface area contributed by atoms with Crippen LogP contribution in [-0.4, -0.2) is 30.1 Å². The molecular weight excluding hydrogens is 379 g/mol. The molecule has 0 fully saturated rings. The highest BCUT2D eigenvalue weighted by atomic mass is 79.9. The molecule has 0 aromatic heterocycles. The fraction of sp³-hybridized carbons (Fsp3) is 0.364. The fourth-order valence-corrected chi connectivity index (χ4v) is 2.70. The van der Waals surface area contributed by atoms with Crippen LogP contribution in [-0.2, 0) is 0 Å². The minimum absolute atomic E-state index is 0.00246. The minimum atomic E-state index is -4.39. The Kier molecular flexibility index (Phi) is 5.21. The van der Waals surface area contributed by atoms with Gasteiger partial charge >= 0.3 is 6.18 Å².